The molecule has 1 aliphatic rings. The molecule has 0 heterocycles. The first-order chi connectivity index (χ1) is 7.27. The highest BCUT2D eigenvalue weighted by atomic mass is 16.4. The summed E-state index contributed by atoms with van der Waals surface area (Å²) < 4.78 is 0. The fourth-order valence-electron chi connectivity index (χ4n) is 1.94. The number of carbonyl (C=O) groups is 1. The van der Waals surface area contributed by atoms with Crippen molar-refractivity contribution in [1.82, 2.24) is 0 Å². The first kappa shape index (κ1) is 15.4. The number of aliphatic hydroxyl groups is 1. The van der Waals surface area contributed by atoms with Crippen LogP contribution < -0.4 is 0 Å². The number of hydrogen-bond donors (Lipinski definition) is 2. The number of carboxylic acid groups (broad SMARTS) is 1. The Kier molecular flexibility index (Phi) is 6.65. The van der Waals surface area contributed by atoms with E-state index in [1.165, 1.54) is 12.8 Å². The summed E-state index contributed by atoms with van der Waals surface area (Å²) in [4.78, 5) is 9.37. The van der Waals surface area contributed by atoms with Gasteiger partial charge in [-0.1, -0.05) is 27.7 Å². The molecule has 1 rings (SSSR count). The Morgan fingerprint density at radius 2 is 1.56 bits per heavy atom. The van der Waals surface area contributed by atoms with Gasteiger partial charge in [-0.25, -0.2) is 0 Å². The molecule has 16 heavy (non-hydrogen) atoms. The normalized spacial score (nSPS) is 25.6. The van der Waals surface area contributed by atoms with Crippen molar-refractivity contribution < 1.29 is 15.0 Å². The van der Waals surface area contributed by atoms with Gasteiger partial charge in [0.1, 0.15) is 0 Å². The molecule has 0 bridgehead atoms. The van der Waals surface area contributed by atoms with E-state index in [4.69, 9.17) is 5.11 Å². The minimum Gasteiger partial charge on any atom is -0.481 e. The molecule has 0 aliphatic heterocycles. The summed E-state index contributed by atoms with van der Waals surface area (Å²) >= 11 is 0. The quantitative estimate of drug-likeness (QED) is 0.728. The molecule has 0 spiro atoms. The van der Waals surface area contributed by atoms with Gasteiger partial charge in [-0.2, -0.15) is 0 Å². The Bertz CT molecular complexity index is 198. The van der Waals surface area contributed by atoms with E-state index in [9.17, 15) is 9.90 Å². The first-order valence-electron chi connectivity index (χ1n) is 6.17. The molecule has 0 saturated heterocycles. The second kappa shape index (κ2) is 6.89. The van der Waals surface area contributed by atoms with Crippen molar-refractivity contribution in [2.24, 2.45) is 11.3 Å². The Labute approximate surface area is 98.9 Å². The van der Waals surface area contributed by atoms with Crippen LogP contribution in [0.15, 0.2) is 0 Å². The second-order valence-electron chi connectivity index (χ2n) is 5.62. The van der Waals surface area contributed by atoms with Gasteiger partial charge < -0.3 is 10.2 Å². The molecule has 0 amide bonds. The van der Waals surface area contributed by atoms with Crippen molar-refractivity contribution in [2.45, 2.75) is 65.9 Å². The molecule has 3 nitrogen and oxygen atoms in total. The van der Waals surface area contributed by atoms with Gasteiger partial charge in [0, 0.05) is 6.42 Å². The molecule has 0 aromatic rings. The lowest BCUT2D eigenvalue weighted by molar-refractivity contribution is -0.136. The highest BCUT2D eigenvalue weighted by Gasteiger charge is 2.28. The smallest absolute Gasteiger partial charge is 0.303 e. The molecule has 1 aliphatic carbocycles. The summed E-state index contributed by atoms with van der Waals surface area (Å²) in [5.74, 6) is 0.0795. The summed E-state index contributed by atoms with van der Waals surface area (Å²) in [5.41, 5.74) is 0.445. The Morgan fingerprint density at radius 1 is 1.19 bits per heavy atom. The molecule has 0 atom stereocenters. The van der Waals surface area contributed by atoms with Crippen molar-refractivity contribution in [3.8, 4) is 0 Å². The lowest BCUT2D eigenvalue weighted by atomic mass is 9.72. The summed E-state index contributed by atoms with van der Waals surface area (Å²) in [6, 6.07) is 0. The van der Waals surface area contributed by atoms with Crippen molar-refractivity contribution in [3.63, 3.8) is 0 Å². The summed E-state index contributed by atoms with van der Waals surface area (Å²) in [6.45, 7) is 8.50. The fraction of sp³-hybridized carbons (Fsp3) is 0.923. The van der Waals surface area contributed by atoms with E-state index in [1.54, 1.807) is 6.92 Å². The minimum absolute atomic E-state index is 0.00593. The van der Waals surface area contributed by atoms with Gasteiger partial charge >= 0.3 is 5.97 Å². The van der Waals surface area contributed by atoms with Crippen LogP contribution in [0, 0.1) is 11.3 Å². The number of carboxylic acids is 1. The largest absolute Gasteiger partial charge is 0.481 e. The van der Waals surface area contributed by atoms with E-state index >= 15 is 0 Å². The van der Waals surface area contributed by atoms with E-state index in [0.29, 0.717) is 5.41 Å². The summed E-state index contributed by atoms with van der Waals surface area (Å²) in [6.07, 6.45) is 4.67. The molecule has 1 saturated carbocycles. The standard InChI is InChI=1S/C10H20O.C3H6O2/c1-10(2,3)8-4-6-9(11)7-5-8;1-2-3(4)5/h8-9,11H,4-7H2,1-3H3;2H2,1H3,(H,4,5). The number of aliphatic hydroxyl groups excluding tert-OH is 1. The fourth-order valence-corrected chi connectivity index (χ4v) is 1.94. The van der Waals surface area contributed by atoms with Gasteiger partial charge in [0.05, 0.1) is 6.10 Å². The molecule has 1 fully saturated rings. The Morgan fingerprint density at radius 3 is 1.81 bits per heavy atom. The first-order valence-corrected chi connectivity index (χ1v) is 6.17. The topological polar surface area (TPSA) is 57.5 Å². The SMILES string of the molecule is CC(C)(C)C1CCC(O)CC1.CCC(=O)O. The van der Waals surface area contributed by atoms with Gasteiger partial charge in [0.25, 0.3) is 0 Å². The van der Waals surface area contributed by atoms with E-state index < -0.39 is 5.97 Å². The average Bonchev–Trinajstić information content (AvgIpc) is 2.18. The van der Waals surface area contributed by atoms with Crippen LogP contribution in [0.2, 0.25) is 0 Å². The Hall–Kier alpha value is -0.570. The maximum Gasteiger partial charge on any atom is 0.303 e. The summed E-state index contributed by atoms with van der Waals surface area (Å²) in [7, 11) is 0. The van der Waals surface area contributed by atoms with Crippen molar-refractivity contribution in [3.05, 3.63) is 0 Å². The molecule has 96 valence electrons. The number of aliphatic carboxylic acids is 1. The zero-order chi connectivity index (χ0) is 12.8. The van der Waals surface area contributed by atoms with Crippen LogP contribution >= 0.6 is 0 Å². The molecule has 0 radical (unpaired) electrons. The van der Waals surface area contributed by atoms with Gasteiger partial charge in [0.15, 0.2) is 0 Å². The van der Waals surface area contributed by atoms with Gasteiger partial charge in [-0.15, -0.1) is 0 Å². The number of rotatable bonds is 1. The molecular formula is C13H26O3. The molecule has 2 N–H and O–H groups in total. The van der Waals surface area contributed by atoms with Crippen LogP contribution in [-0.2, 0) is 4.79 Å². The van der Waals surface area contributed by atoms with Crippen LogP contribution in [0.4, 0.5) is 0 Å². The predicted octanol–water partition coefficient (Wildman–Crippen LogP) is 3.06. The molecule has 0 aromatic carbocycles. The van der Waals surface area contributed by atoms with Crippen molar-refractivity contribution >= 4 is 5.97 Å². The zero-order valence-corrected chi connectivity index (χ0v) is 11.0. The predicted molar refractivity (Wildman–Crippen MR) is 65.3 cm³/mol. The maximum atomic E-state index is 9.37. The van der Waals surface area contributed by atoms with Gasteiger partial charge in [-0.05, 0) is 37.0 Å². The van der Waals surface area contributed by atoms with Crippen LogP contribution in [0.5, 0.6) is 0 Å². The highest BCUT2D eigenvalue weighted by molar-refractivity contribution is 5.66. The monoisotopic (exact) mass is 230 g/mol. The van der Waals surface area contributed by atoms with Crippen LogP contribution in [-0.4, -0.2) is 22.3 Å². The van der Waals surface area contributed by atoms with Crippen LogP contribution in [0.1, 0.15) is 59.8 Å². The van der Waals surface area contributed by atoms with Gasteiger partial charge in [0.2, 0.25) is 0 Å². The van der Waals surface area contributed by atoms with E-state index in [1.807, 2.05) is 0 Å². The maximum absolute atomic E-state index is 9.37. The van der Waals surface area contributed by atoms with E-state index in [-0.39, 0.29) is 12.5 Å². The average molecular weight is 230 g/mol. The van der Waals surface area contributed by atoms with E-state index in [0.717, 1.165) is 18.8 Å². The molecule has 3 heteroatoms. The van der Waals surface area contributed by atoms with E-state index in [2.05, 4.69) is 20.8 Å². The van der Waals surface area contributed by atoms with Gasteiger partial charge in [-0.3, -0.25) is 4.79 Å². The third kappa shape index (κ3) is 6.83. The van der Waals surface area contributed by atoms with Crippen molar-refractivity contribution in [2.75, 3.05) is 0 Å². The molecular weight excluding hydrogens is 204 g/mol. The second-order valence-corrected chi connectivity index (χ2v) is 5.62. The third-order valence-electron chi connectivity index (χ3n) is 3.22. The van der Waals surface area contributed by atoms with Crippen LogP contribution in [0.3, 0.4) is 0 Å². The lowest BCUT2D eigenvalue weighted by Crippen LogP contribution is -2.27. The number of hydrogen-bond acceptors (Lipinski definition) is 2. The molecule has 0 unspecified atom stereocenters. The Balaban J connectivity index is 0.000000385. The minimum atomic E-state index is -0.745. The van der Waals surface area contributed by atoms with Crippen molar-refractivity contribution in [1.29, 1.82) is 0 Å². The summed E-state index contributed by atoms with van der Waals surface area (Å²) in [5, 5.41) is 17.0. The zero-order valence-electron chi connectivity index (χ0n) is 11.0. The molecule has 0 aromatic heterocycles. The lowest BCUT2D eigenvalue weighted by Gasteiger charge is -2.35. The van der Waals surface area contributed by atoms with Crippen LogP contribution in [0.25, 0.3) is 0 Å². The highest BCUT2D eigenvalue weighted by Crippen LogP contribution is 2.37. The third-order valence-corrected chi connectivity index (χ3v) is 3.22.